The van der Waals surface area contributed by atoms with Gasteiger partial charge in [0, 0.05) is 26.2 Å². The first kappa shape index (κ1) is 18.1. The number of amides is 1. The van der Waals surface area contributed by atoms with Crippen LogP contribution in [-0.4, -0.2) is 85.8 Å². The van der Waals surface area contributed by atoms with Crippen molar-refractivity contribution in [1.29, 1.82) is 0 Å². The maximum absolute atomic E-state index is 13.0. The molecule has 2 N–H and O–H groups in total. The Kier molecular flexibility index (Phi) is 5.80. The lowest BCUT2D eigenvalue weighted by Gasteiger charge is -2.44. The van der Waals surface area contributed by atoms with Crippen LogP contribution in [-0.2, 0) is 9.53 Å². The van der Waals surface area contributed by atoms with E-state index in [2.05, 4.69) is 16.8 Å². The molecule has 0 aromatic rings. The molecule has 3 aliphatic heterocycles. The maximum Gasteiger partial charge on any atom is 0.257 e. The van der Waals surface area contributed by atoms with Gasteiger partial charge in [-0.1, -0.05) is 0 Å². The molecule has 138 valence electrons. The fraction of sp³-hybridized carbons (Fsp3) is 0.944. The van der Waals surface area contributed by atoms with E-state index < -0.39 is 5.66 Å². The van der Waals surface area contributed by atoms with E-state index >= 15 is 0 Å². The van der Waals surface area contributed by atoms with Gasteiger partial charge in [0.1, 0.15) is 5.66 Å². The Morgan fingerprint density at radius 2 is 1.46 bits per heavy atom. The van der Waals surface area contributed by atoms with Gasteiger partial charge in [-0.25, -0.2) is 0 Å². The molecule has 3 aliphatic rings. The van der Waals surface area contributed by atoms with Crippen LogP contribution in [0, 0.1) is 11.8 Å². The first-order chi connectivity index (χ1) is 11.5. The summed E-state index contributed by atoms with van der Waals surface area (Å²) >= 11 is 0. The van der Waals surface area contributed by atoms with Crippen molar-refractivity contribution in [3.63, 3.8) is 0 Å². The topological polar surface area (TPSA) is 62.0 Å². The van der Waals surface area contributed by atoms with Gasteiger partial charge >= 0.3 is 0 Å². The summed E-state index contributed by atoms with van der Waals surface area (Å²) in [5, 5.41) is 0. The number of carbonyl (C=O) groups excluding carboxylic acids is 1. The first-order valence-corrected chi connectivity index (χ1v) is 9.58. The summed E-state index contributed by atoms with van der Waals surface area (Å²) in [6, 6.07) is 0. The number of piperidine rings is 2. The number of hydrogen-bond donors (Lipinski definition) is 1. The Labute approximate surface area is 146 Å². The van der Waals surface area contributed by atoms with Crippen molar-refractivity contribution in [3.8, 4) is 0 Å². The van der Waals surface area contributed by atoms with Crippen LogP contribution in [0.3, 0.4) is 0 Å². The zero-order chi connectivity index (χ0) is 17.2. The molecule has 0 aliphatic carbocycles. The van der Waals surface area contributed by atoms with Crippen molar-refractivity contribution >= 4 is 5.91 Å². The van der Waals surface area contributed by atoms with Crippen LogP contribution >= 0.6 is 0 Å². The van der Waals surface area contributed by atoms with Gasteiger partial charge in [0.2, 0.25) is 0 Å². The summed E-state index contributed by atoms with van der Waals surface area (Å²) in [5.74, 6) is 1.73. The van der Waals surface area contributed by atoms with Crippen molar-refractivity contribution in [2.24, 2.45) is 17.6 Å². The van der Waals surface area contributed by atoms with E-state index in [0.29, 0.717) is 13.2 Å². The Balaban J connectivity index is 1.51. The number of nitrogens with two attached hydrogens (primary N) is 1. The number of morpholine rings is 1. The van der Waals surface area contributed by atoms with Crippen molar-refractivity contribution < 1.29 is 9.53 Å². The minimum atomic E-state index is -0.899. The van der Waals surface area contributed by atoms with Crippen LogP contribution in [0.5, 0.6) is 0 Å². The highest BCUT2D eigenvalue weighted by Crippen LogP contribution is 2.32. The quantitative estimate of drug-likeness (QED) is 0.815. The lowest BCUT2D eigenvalue weighted by Crippen LogP contribution is -2.66. The van der Waals surface area contributed by atoms with Crippen LogP contribution in [0.15, 0.2) is 0 Å². The summed E-state index contributed by atoms with van der Waals surface area (Å²) in [6.07, 6.45) is 4.91. The van der Waals surface area contributed by atoms with Gasteiger partial charge in [0.05, 0.1) is 13.2 Å². The van der Waals surface area contributed by atoms with Crippen molar-refractivity contribution in [2.75, 3.05) is 59.5 Å². The second kappa shape index (κ2) is 7.68. The molecule has 1 amide bonds. The standard InChI is InChI=1S/C18H34N4O2/c1-18(19,22-11-13-24-14-12-22)17(23)21-9-5-16(6-10-21)15-3-7-20(2)8-4-15/h15-16H,3-14,19H2,1-2H3/t18-/m1/s1. The van der Waals surface area contributed by atoms with Gasteiger partial charge in [0.15, 0.2) is 0 Å². The van der Waals surface area contributed by atoms with Gasteiger partial charge in [-0.05, 0) is 64.6 Å². The van der Waals surface area contributed by atoms with Gasteiger partial charge < -0.3 is 20.3 Å². The molecule has 6 nitrogen and oxygen atoms in total. The Hall–Kier alpha value is -0.690. The summed E-state index contributed by atoms with van der Waals surface area (Å²) in [7, 11) is 2.21. The van der Waals surface area contributed by atoms with E-state index in [4.69, 9.17) is 10.5 Å². The monoisotopic (exact) mass is 338 g/mol. The van der Waals surface area contributed by atoms with Gasteiger partial charge in [-0.15, -0.1) is 0 Å². The second-order valence-electron chi connectivity index (χ2n) is 8.02. The van der Waals surface area contributed by atoms with E-state index in [1.165, 1.54) is 25.9 Å². The van der Waals surface area contributed by atoms with Gasteiger partial charge in [-0.3, -0.25) is 9.69 Å². The fourth-order valence-corrected chi connectivity index (χ4v) is 4.56. The highest BCUT2D eigenvalue weighted by molar-refractivity contribution is 5.85. The fourth-order valence-electron chi connectivity index (χ4n) is 4.56. The summed E-state index contributed by atoms with van der Waals surface area (Å²) < 4.78 is 5.38. The summed E-state index contributed by atoms with van der Waals surface area (Å²) in [5.41, 5.74) is 5.53. The smallest absolute Gasteiger partial charge is 0.257 e. The van der Waals surface area contributed by atoms with Crippen molar-refractivity contribution in [1.82, 2.24) is 14.7 Å². The predicted molar refractivity (Wildman–Crippen MR) is 94.5 cm³/mol. The van der Waals surface area contributed by atoms with Crippen molar-refractivity contribution in [2.45, 2.75) is 38.3 Å². The van der Waals surface area contributed by atoms with E-state index in [1.54, 1.807) is 0 Å². The molecule has 0 aromatic carbocycles. The minimum absolute atomic E-state index is 0.0891. The number of rotatable bonds is 3. The van der Waals surface area contributed by atoms with Gasteiger partial charge in [-0.2, -0.15) is 0 Å². The Bertz CT molecular complexity index is 421. The lowest BCUT2D eigenvalue weighted by atomic mass is 9.79. The molecule has 0 spiro atoms. The SMILES string of the molecule is CN1CCC(C2CCN(C(=O)[C@](C)(N)N3CCOCC3)CC2)CC1. The van der Waals surface area contributed by atoms with E-state index in [9.17, 15) is 4.79 Å². The average Bonchev–Trinajstić information content (AvgIpc) is 2.62. The van der Waals surface area contributed by atoms with E-state index in [-0.39, 0.29) is 5.91 Å². The molecule has 0 saturated carbocycles. The molecule has 3 rings (SSSR count). The normalized spacial score (nSPS) is 28.7. The molecule has 0 unspecified atom stereocenters. The van der Waals surface area contributed by atoms with Crippen LogP contribution < -0.4 is 5.73 Å². The van der Waals surface area contributed by atoms with Crippen LogP contribution in [0.25, 0.3) is 0 Å². The lowest BCUT2D eigenvalue weighted by molar-refractivity contribution is -0.148. The molecule has 6 heteroatoms. The highest BCUT2D eigenvalue weighted by Gasteiger charge is 2.40. The number of hydrogen-bond acceptors (Lipinski definition) is 5. The molecular weight excluding hydrogens is 304 g/mol. The maximum atomic E-state index is 13.0. The van der Waals surface area contributed by atoms with E-state index in [0.717, 1.165) is 50.9 Å². The number of carbonyl (C=O) groups is 1. The predicted octanol–water partition coefficient (Wildman–Crippen LogP) is 0.574. The van der Waals surface area contributed by atoms with Gasteiger partial charge in [0.25, 0.3) is 5.91 Å². The first-order valence-electron chi connectivity index (χ1n) is 9.58. The molecule has 3 fully saturated rings. The Morgan fingerprint density at radius 1 is 0.958 bits per heavy atom. The van der Waals surface area contributed by atoms with Crippen LogP contribution in [0.4, 0.5) is 0 Å². The summed E-state index contributed by atoms with van der Waals surface area (Å²) in [6.45, 7) is 8.86. The molecule has 0 aromatic heterocycles. The largest absolute Gasteiger partial charge is 0.379 e. The third-order valence-corrected chi connectivity index (χ3v) is 6.36. The molecular formula is C18H34N4O2. The number of nitrogens with zero attached hydrogens (tertiary/aromatic N) is 3. The molecule has 1 atom stereocenters. The minimum Gasteiger partial charge on any atom is -0.379 e. The third kappa shape index (κ3) is 3.93. The molecule has 0 radical (unpaired) electrons. The number of likely N-dealkylation sites (tertiary alicyclic amines) is 2. The van der Waals surface area contributed by atoms with Crippen LogP contribution in [0.2, 0.25) is 0 Å². The van der Waals surface area contributed by atoms with Crippen molar-refractivity contribution in [3.05, 3.63) is 0 Å². The second-order valence-corrected chi connectivity index (χ2v) is 8.02. The molecule has 24 heavy (non-hydrogen) atoms. The zero-order valence-electron chi connectivity index (χ0n) is 15.4. The zero-order valence-corrected chi connectivity index (χ0v) is 15.4. The van der Waals surface area contributed by atoms with E-state index in [1.807, 2.05) is 11.8 Å². The number of ether oxygens (including phenoxy) is 1. The molecule has 3 heterocycles. The average molecular weight is 338 g/mol. The molecule has 3 saturated heterocycles. The third-order valence-electron chi connectivity index (χ3n) is 6.36. The Morgan fingerprint density at radius 3 is 2.00 bits per heavy atom. The highest BCUT2D eigenvalue weighted by atomic mass is 16.5. The van der Waals surface area contributed by atoms with Crippen LogP contribution in [0.1, 0.15) is 32.6 Å². The molecule has 0 bridgehead atoms. The summed E-state index contributed by atoms with van der Waals surface area (Å²) in [4.78, 5) is 19.5.